The molecule has 0 amide bonds. The zero-order valence-electron chi connectivity index (χ0n) is 10.5. The van der Waals surface area contributed by atoms with E-state index in [4.69, 9.17) is 0 Å². The van der Waals surface area contributed by atoms with E-state index < -0.39 is 4.92 Å². The first-order valence-electron chi connectivity index (χ1n) is 6.46. The molecule has 0 spiro atoms. The number of aromatic nitrogens is 4. The highest BCUT2D eigenvalue weighted by atomic mass is 16.6. The number of hydrogen-bond acceptors (Lipinski definition) is 4. The molecule has 100 valence electrons. The van der Waals surface area contributed by atoms with Crippen molar-refractivity contribution in [3.05, 3.63) is 35.2 Å². The zero-order valence-corrected chi connectivity index (χ0v) is 10.5. The summed E-state index contributed by atoms with van der Waals surface area (Å²) in [4.78, 5) is 18.1. The molecule has 0 N–H and O–H groups in total. The molecule has 2 aromatic rings. The molecule has 0 saturated heterocycles. The van der Waals surface area contributed by atoms with Crippen molar-refractivity contribution in [3.63, 3.8) is 0 Å². The lowest BCUT2D eigenvalue weighted by molar-refractivity contribution is -0.389. The van der Waals surface area contributed by atoms with Gasteiger partial charge in [-0.25, -0.2) is 4.98 Å². The maximum absolute atomic E-state index is 10.6. The largest absolute Gasteiger partial charge is 0.381 e. The highest BCUT2D eigenvalue weighted by Crippen LogP contribution is 2.28. The number of rotatable bonds is 3. The molecule has 1 saturated carbocycles. The number of nitro groups is 1. The second kappa shape index (κ2) is 4.83. The van der Waals surface area contributed by atoms with Gasteiger partial charge in [-0.15, -0.1) is 0 Å². The summed E-state index contributed by atoms with van der Waals surface area (Å²) >= 11 is 0. The van der Waals surface area contributed by atoms with E-state index in [0.717, 1.165) is 0 Å². The van der Waals surface area contributed by atoms with Crippen molar-refractivity contribution in [2.24, 2.45) is 0 Å². The van der Waals surface area contributed by atoms with E-state index in [2.05, 4.69) is 14.5 Å². The number of nitrogens with zero attached hydrogens (tertiary/aromatic N) is 5. The van der Waals surface area contributed by atoms with Gasteiger partial charge in [-0.1, -0.05) is 19.3 Å². The molecular weight excluding hydrogens is 246 g/mol. The molecule has 7 nitrogen and oxygen atoms in total. The van der Waals surface area contributed by atoms with E-state index in [0.29, 0.717) is 11.9 Å². The van der Waals surface area contributed by atoms with E-state index in [1.165, 1.54) is 44.6 Å². The molecule has 1 fully saturated rings. The van der Waals surface area contributed by atoms with Crippen LogP contribution in [0.2, 0.25) is 0 Å². The minimum absolute atomic E-state index is 0.160. The minimum Gasteiger partial charge on any atom is -0.358 e. The van der Waals surface area contributed by atoms with E-state index in [-0.39, 0.29) is 5.82 Å². The van der Waals surface area contributed by atoms with Crippen LogP contribution in [0.5, 0.6) is 0 Å². The highest BCUT2D eigenvalue weighted by Gasteiger charge is 2.17. The van der Waals surface area contributed by atoms with Crippen molar-refractivity contribution in [3.8, 4) is 5.82 Å². The molecule has 0 atom stereocenters. The van der Waals surface area contributed by atoms with Crippen molar-refractivity contribution in [1.29, 1.82) is 0 Å². The molecule has 2 aromatic heterocycles. The first kappa shape index (κ1) is 11.9. The van der Waals surface area contributed by atoms with Crippen LogP contribution in [0.4, 0.5) is 5.82 Å². The first-order chi connectivity index (χ1) is 9.24. The van der Waals surface area contributed by atoms with Crippen molar-refractivity contribution in [1.82, 2.24) is 19.1 Å². The van der Waals surface area contributed by atoms with Gasteiger partial charge in [0.15, 0.2) is 5.82 Å². The highest BCUT2D eigenvalue weighted by molar-refractivity contribution is 5.25. The van der Waals surface area contributed by atoms with Gasteiger partial charge in [0, 0.05) is 12.2 Å². The fraction of sp³-hybridized carbons (Fsp3) is 0.500. The molecular formula is C12H15N5O2. The molecule has 0 radical (unpaired) electrons. The van der Waals surface area contributed by atoms with Crippen LogP contribution in [0.1, 0.15) is 38.1 Å². The third kappa shape index (κ3) is 2.35. The lowest BCUT2D eigenvalue weighted by Gasteiger charge is -2.22. The van der Waals surface area contributed by atoms with Gasteiger partial charge >= 0.3 is 5.82 Å². The van der Waals surface area contributed by atoms with Crippen LogP contribution in [0.3, 0.4) is 0 Å². The monoisotopic (exact) mass is 261 g/mol. The SMILES string of the molecule is O=[N+]([O-])c1cn(-c2cn(C3CCCCC3)cn2)cn1. The normalized spacial score (nSPS) is 16.6. The molecule has 1 aliphatic carbocycles. The molecule has 2 heterocycles. The van der Waals surface area contributed by atoms with Gasteiger partial charge in [0.1, 0.15) is 6.20 Å². The Labute approximate surface area is 110 Å². The van der Waals surface area contributed by atoms with Crippen LogP contribution in [0.15, 0.2) is 25.0 Å². The minimum atomic E-state index is -0.505. The van der Waals surface area contributed by atoms with E-state index in [1.54, 1.807) is 10.9 Å². The molecule has 0 bridgehead atoms. The molecule has 0 unspecified atom stereocenters. The Morgan fingerprint density at radius 2 is 1.95 bits per heavy atom. The maximum Gasteiger partial charge on any atom is 0.381 e. The zero-order chi connectivity index (χ0) is 13.2. The van der Waals surface area contributed by atoms with Crippen molar-refractivity contribution in [2.75, 3.05) is 0 Å². The first-order valence-corrected chi connectivity index (χ1v) is 6.46. The third-order valence-electron chi connectivity index (χ3n) is 3.60. The van der Waals surface area contributed by atoms with Crippen LogP contribution in [0.25, 0.3) is 5.82 Å². The predicted molar refractivity (Wildman–Crippen MR) is 68.1 cm³/mol. The quantitative estimate of drug-likeness (QED) is 0.628. The summed E-state index contributed by atoms with van der Waals surface area (Å²) in [6, 6.07) is 0.508. The van der Waals surface area contributed by atoms with E-state index >= 15 is 0 Å². The lowest BCUT2D eigenvalue weighted by atomic mass is 9.95. The number of hydrogen-bond donors (Lipinski definition) is 0. The summed E-state index contributed by atoms with van der Waals surface area (Å²) in [5.74, 6) is 0.512. The second-order valence-corrected chi connectivity index (χ2v) is 4.87. The molecule has 1 aliphatic rings. The molecule has 19 heavy (non-hydrogen) atoms. The Hall–Kier alpha value is -2.18. The second-order valence-electron chi connectivity index (χ2n) is 4.87. The van der Waals surface area contributed by atoms with Gasteiger partial charge in [-0.05, 0) is 22.7 Å². The van der Waals surface area contributed by atoms with Gasteiger partial charge in [0.25, 0.3) is 0 Å². The Balaban J connectivity index is 1.81. The summed E-state index contributed by atoms with van der Waals surface area (Å²) in [6.45, 7) is 0. The van der Waals surface area contributed by atoms with Crippen LogP contribution < -0.4 is 0 Å². The Morgan fingerprint density at radius 3 is 2.63 bits per heavy atom. The lowest BCUT2D eigenvalue weighted by Crippen LogP contribution is -2.10. The van der Waals surface area contributed by atoms with Gasteiger partial charge in [0.2, 0.25) is 6.33 Å². The van der Waals surface area contributed by atoms with E-state index in [9.17, 15) is 10.1 Å². The van der Waals surface area contributed by atoms with Gasteiger partial charge in [0.05, 0.1) is 6.33 Å². The summed E-state index contributed by atoms with van der Waals surface area (Å²) in [7, 11) is 0. The van der Waals surface area contributed by atoms with Crippen LogP contribution in [0, 0.1) is 10.1 Å². The Bertz CT molecular complexity index is 582. The molecule has 0 aromatic carbocycles. The summed E-state index contributed by atoms with van der Waals surface area (Å²) in [5, 5.41) is 10.6. The maximum atomic E-state index is 10.6. The Kier molecular flexibility index (Phi) is 3.02. The summed E-state index contributed by atoms with van der Waals surface area (Å²) in [6.07, 6.45) is 12.7. The molecule has 0 aliphatic heterocycles. The van der Waals surface area contributed by atoms with Crippen molar-refractivity contribution >= 4 is 5.82 Å². The fourth-order valence-corrected chi connectivity index (χ4v) is 2.57. The van der Waals surface area contributed by atoms with Crippen LogP contribution in [-0.4, -0.2) is 24.0 Å². The van der Waals surface area contributed by atoms with E-state index in [1.807, 2.05) is 6.20 Å². The van der Waals surface area contributed by atoms with Gasteiger partial charge in [-0.2, -0.15) is 0 Å². The topological polar surface area (TPSA) is 78.8 Å². The summed E-state index contributed by atoms with van der Waals surface area (Å²) in [5.41, 5.74) is 0. The molecule has 7 heteroatoms. The van der Waals surface area contributed by atoms with Crippen LogP contribution >= 0.6 is 0 Å². The van der Waals surface area contributed by atoms with Crippen molar-refractivity contribution in [2.45, 2.75) is 38.1 Å². The average molecular weight is 261 g/mol. The van der Waals surface area contributed by atoms with Gasteiger partial charge in [-0.3, -0.25) is 4.57 Å². The molecule has 3 rings (SSSR count). The van der Waals surface area contributed by atoms with Gasteiger partial charge < -0.3 is 14.7 Å². The predicted octanol–water partition coefficient (Wildman–Crippen LogP) is 2.48. The van der Waals surface area contributed by atoms with Crippen LogP contribution in [-0.2, 0) is 0 Å². The number of imidazole rings is 2. The standard InChI is InChI=1S/C12H15N5O2/c18-17(19)12-7-16(9-14-12)11-6-15(8-13-11)10-4-2-1-3-5-10/h6-10H,1-5H2. The van der Waals surface area contributed by atoms with Crippen molar-refractivity contribution < 1.29 is 4.92 Å². The smallest absolute Gasteiger partial charge is 0.358 e. The third-order valence-corrected chi connectivity index (χ3v) is 3.60. The average Bonchev–Trinajstić information content (AvgIpc) is 3.09. The Morgan fingerprint density at radius 1 is 1.16 bits per heavy atom. The fourth-order valence-electron chi connectivity index (χ4n) is 2.57. The summed E-state index contributed by atoms with van der Waals surface area (Å²) < 4.78 is 3.69.